The molecule has 1 aromatic carbocycles. The van der Waals surface area contributed by atoms with Gasteiger partial charge in [0.2, 0.25) is 0 Å². The number of carbonyl (C=O) groups is 1. The standard InChI is InChI=1S/C15H15NO3/c1-19-13-7-4-11(5-8-13)2-3-12-6-9-14(15(17)18)16-10-12/h4-10H,2-3H2,1H3,(H,17,18). The molecule has 0 aliphatic carbocycles. The molecule has 2 aromatic rings. The molecule has 1 N–H and O–H groups in total. The summed E-state index contributed by atoms with van der Waals surface area (Å²) < 4.78 is 5.10. The summed E-state index contributed by atoms with van der Waals surface area (Å²) in [5, 5.41) is 8.76. The second-order valence-corrected chi connectivity index (χ2v) is 4.20. The van der Waals surface area contributed by atoms with Crippen LogP contribution in [0.3, 0.4) is 0 Å². The lowest BCUT2D eigenvalue weighted by atomic mass is 10.1. The molecule has 0 atom stereocenters. The highest BCUT2D eigenvalue weighted by Crippen LogP contribution is 2.13. The maximum absolute atomic E-state index is 10.7. The van der Waals surface area contributed by atoms with Crippen LogP contribution in [0.15, 0.2) is 42.6 Å². The van der Waals surface area contributed by atoms with Crippen LogP contribution in [0.2, 0.25) is 0 Å². The number of methoxy groups -OCH3 is 1. The quantitative estimate of drug-likeness (QED) is 0.894. The Kier molecular flexibility index (Phi) is 4.13. The van der Waals surface area contributed by atoms with E-state index < -0.39 is 5.97 Å². The number of rotatable bonds is 5. The number of ether oxygens (including phenoxy) is 1. The van der Waals surface area contributed by atoms with Crippen LogP contribution in [0.4, 0.5) is 0 Å². The minimum absolute atomic E-state index is 0.0770. The Balaban J connectivity index is 1.95. The average molecular weight is 257 g/mol. The summed E-state index contributed by atoms with van der Waals surface area (Å²) in [6, 6.07) is 11.3. The summed E-state index contributed by atoms with van der Waals surface area (Å²) >= 11 is 0. The van der Waals surface area contributed by atoms with E-state index in [1.54, 1.807) is 19.4 Å². The van der Waals surface area contributed by atoms with Crippen LogP contribution in [0.1, 0.15) is 21.6 Å². The molecule has 98 valence electrons. The van der Waals surface area contributed by atoms with Gasteiger partial charge in [-0.2, -0.15) is 0 Å². The number of aromatic carboxylic acids is 1. The fraction of sp³-hybridized carbons (Fsp3) is 0.200. The summed E-state index contributed by atoms with van der Waals surface area (Å²) in [4.78, 5) is 14.6. The van der Waals surface area contributed by atoms with Gasteiger partial charge in [0.15, 0.2) is 0 Å². The molecule has 2 rings (SSSR count). The molecule has 4 nitrogen and oxygen atoms in total. The van der Waals surface area contributed by atoms with E-state index in [1.165, 1.54) is 11.6 Å². The molecular weight excluding hydrogens is 242 g/mol. The van der Waals surface area contributed by atoms with Gasteiger partial charge in [0.05, 0.1) is 7.11 Å². The highest BCUT2D eigenvalue weighted by molar-refractivity contribution is 5.85. The fourth-order valence-electron chi connectivity index (χ4n) is 1.78. The number of hydrogen-bond acceptors (Lipinski definition) is 3. The number of carboxylic acids is 1. The maximum Gasteiger partial charge on any atom is 0.354 e. The minimum atomic E-state index is -0.998. The van der Waals surface area contributed by atoms with Gasteiger partial charge in [-0.3, -0.25) is 0 Å². The molecule has 0 amide bonds. The zero-order chi connectivity index (χ0) is 13.7. The topological polar surface area (TPSA) is 59.4 Å². The Morgan fingerprint density at radius 3 is 2.26 bits per heavy atom. The minimum Gasteiger partial charge on any atom is -0.497 e. The zero-order valence-electron chi connectivity index (χ0n) is 10.7. The summed E-state index contributed by atoms with van der Waals surface area (Å²) in [6.45, 7) is 0. The van der Waals surface area contributed by atoms with E-state index in [0.29, 0.717) is 0 Å². The van der Waals surface area contributed by atoms with Crippen LogP contribution >= 0.6 is 0 Å². The molecule has 0 spiro atoms. The molecule has 19 heavy (non-hydrogen) atoms. The van der Waals surface area contributed by atoms with Gasteiger partial charge in [-0.25, -0.2) is 9.78 Å². The molecule has 0 unspecified atom stereocenters. The number of carboxylic acid groups (broad SMARTS) is 1. The van der Waals surface area contributed by atoms with Crippen LogP contribution < -0.4 is 4.74 Å². The Labute approximate surface area is 111 Å². The van der Waals surface area contributed by atoms with Crippen LogP contribution in [-0.2, 0) is 12.8 Å². The second kappa shape index (κ2) is 6.00. The van der Waals surface area contributed by atoms with Crippen molar-refractivity contribution in [2.75, 3.05) is 7.11 Å². The zero-order valence-corrected chi connectivity index (χ0v) is 10.7. The smallest absolute Gasteiger partial charge is 0.354 e. The molecule has 4 heteroatoms. The Bertz CT molecular complexity index is 547. The third-order valence-electron chi connectivity index (χ3n) is 2.91. The van der Waals surface area contributed by atoms with Gasteiger partial charge in [0.25, 0.3) is 0 Å². The van der Waals surface area contributed by atoms with E-state index in [9.17, 15) is 4.79 Å². The van der Waals surface area contributed by atoms with Crippen LogP contribution in [0, 0.1) is 0 Å². The van der Waals surface area contributed by atoms with Gasteiger partial charge in [-0.15, -0.1) is 0 Å². The summed E-state index contributed by atoms with van der Waals surface area (Å²) in [7, 11) is 1.64. The first-order valence-electron chi connectivity index (χ1n) is 6.00. The van der Waals surface area contributed by atoms with E-state index in [4.69, 9.17) is 9.84 Å². The van der Waals surface area contributed by atoms with Crippen molar-refractivity contribution in [1.29, 1.82) is 0 Å². The first-order valence-corrected chi connectivity index (χ1v) is 6.00. The molecule has 1 heterocycles. The van der Waals surface area contributed by atoms with Crippen molar-refractivity contribution in [3.05, 3.63) is 59.4 Å². The lowest BCUT2D eigenvalue weighted by Gasteiger charge is -2.04. The molecule has 0 saturated carbocycles. The average Bonchev–Trinajstić information content (AvgIpc) is 2.46. The fourth-order valence-corrected chi connectivity index (χ4v) is 1.78. The third kappa shape index (κ3) is 3.55. The Morgan fingerprint density at radius 2 is 1.74 bits per heavy atom. The van der Waals surface area contributed by atoms with E-state index in [0.717, 1.165) is 24.2 Å². The number of aryl methyl sites for hydroxylation is 2. The summed E-state index contributed by atoms with van der Waals surface area (Å²) in [6.07, 6.45) is 3.34. The van der Waals surface area contributed by atoms with Crippen molar-refractivity contribution in [3.63, 3.8) is 0 Å². The lowest BCUT2D eigenvalue weighted by Crippen LogP contribution is -2.00. The third-order valence-corrected chi connectivity index (χ3v) is 2.91. The molecule has 0 aliphatic rings. The number of aromatic nitrogens is 1. The highest BCUT2D eigenvalue weighted by atomic mass is 16.5. The van der Waals surface area contributed by atoms with Gasteiger partial charge >= 0.3 is 5.97 Å². The van der Waals surface area contributed by atoms with Gasteiger partial charge in [-0.05, 0) is 42.2 Å². The molecule has 0 bridgehead atoms. The van der Waals surface area contributed by atoms with Crippen molar-refractivity contribution < 1.29 is 14.6 Å². The van der Waals surface area contributed by atoms with Crippen LogP contribution in [-0.4, -0.2) is 23.2 Å². The van der Waals surface area contributed by atoms with E-state index in [2.05, 4.69) is 4.98 Å². The van der Waals surface area contributed by atoms with Crippen molar-refractivity contribution in [3.8, 4) is 5.75 Å². The Hall–Kier alpha value is -2.36. The first-order chi connectivity index (χ1) is 9.19. The molecule has 0 aliphatic heterocycles. The van der Waals surface area contributed by atoms with Crippen molar-refractivity contribution >= 4 is 5.97 Å². The van der Waals surface area contributed by atoms with E-state index in [-0.39, 0.29) is 5.69 Å². The molecule has 0 saturated heterocycles. The summed E-state index contributed by atoms with van der Waals surface area (Å²) in [5.41, 5.74) is 2.32. The molecule has 0 radical (unpaired) electrons. The normalized spacial score (nSPS) is 10.2. The van der Waals surface area contributed by atoms with Crippen molar-refractivity contribution in [2.24, 2.45) is 0 Å². The van der Waals surface area contributed by atoms with Crippen LogP contribution in [0.5, 0.6) is 5.75 Å². The van der Waals surface area contributed by atoms with Crippen LogP contribution in [0.25, 0.3) is 0 Å². The van der Waals surface area contributed by atoms with E-state index in [1.807, 2.05) is 24.3 Å². The predicted octanol–water partition coefficient (Wildman–Crippen LogP) is 2.57. The van der Waals surface area contributed by atoms with Gasteiger partial charge in [-0.1, -0.05) is 18.2 Å². The molecule has 1 aromatic heterocycles. The van der Waals surface area contributed by atoms with Gasteiger partial charge < -0.3 is 9.84 Å². The van der Waals surface area contributed by atoms with Crippen molar-refractivity contribution in [2.45, 2.75) is 12.8 Å². The largest absolute Gasteiger partial charge is 0.497 e. The summed E-state index contributed by atoms with van der Waals surface area (Å²) in [5.74, 6) is -0.155. The molecule has 0 fully saturated rings. The SMILES string of the molecule is COc1ccc(CCc2ccc(C(=O)O)nc2)cc1. The number of pyridine rings is 1. The predicted molar refractivity (Wildman–Crippen MR) is 71.6 cm³/mol. The maximum atomic E-state index is 10.7. The molecular formula is C15H15NO3. The first kappa shape index (κ1) is 13.1. The van der Waals surface area contributed by atoms with Crippen molar-refractivity contribution in [1.82, 2.24) is 4.98 Å². The number of benzene rings is 1. The Morgan fingerprint density at radius 1 is 1.11 bits per heavy atom. The van der Waals surface area contributed by atoms with Gasteiger partial charge in [0.1, 0.15) is 11.4 Å². The monoisotopic (exact) mass is 257 g/mol. The lowest BCUT2D eigenvalue weighted by molar-refractivity contribution is 0.0690. The van der Waals surface area contributed by atoms with Gasteiger partial charge in [0, 0.05) is 6.20 Å². The number of hydrogen-bond donors (Lipinski definition) is 1. The highest BCUT2D eigenvalue weighted by Gasteiger charge is 2.03. The van der Waals surface area contributed by atoms with E-state index >= 15 is 0 Å². The second-order valence-electron chi connectivity index (χ2n) is 4.20. The number of nitrogens with zero attached hydrogens (tertiary/aromatic N) is 1.